The third kappa shape index (κ3) is 4.09. The topological polar surface area (TPSA) is 46.2 Å². The van der Waals surface area contributed by atoms with E-state index in [4.69, 9.17) is 11.6 Å². The van der Waals surface area contributed by atoms with Crippen molar-refractivity contribution in [3.63, 3.8) is 0 Å². The first kappa shape index (κ1) is 19.2. The molecule has 0 radical (unpaired) electrons. The molecule has 3 nitrogen and oxygen atoms in total. The van der Waals surface area contributed by atoms with Crippen LogP contribution in [0.3, 0.4) is 0 Å². The fourth-order valence-electron chi connectivity index (χ4n) is 1.69. The Morgan fingerprint density at radius 2 is 1.71 bits per heavy atom. The fourth-order valence-corrected chi connectivity index (χ4v) is 3.59. The van der Waals surface area contributed by atoms with E-state index >= 15 is 0 Å². The lowest BCUT2D eigenvalue weighted by Crippen LogP contribution is -2.16. The lowest BCUT2D eigenvalue weighted by molar-refractivity contribution is -0.137. The number of sulfonamides is 1. The van der Waals surface area contributed by atoms with Gasteiger partial charge in [0, 0.05) is 5.02 Å². The van der Waals surface area contributed by atoms with E-state index in [1.807, 2.05) is 0 Å². The van der Waals surface area contributed by atoms with Crippen molar-refractivity contribution in [1.29, 1.82) is 0 Å². The van der Waals surface area contributed by atoms with Gasteiger partial charge in [-0.15, -0.1) is 0 Å². The Balaban J connectivity index is 2.49. The van der Waals surface area contributed by atoms with Crippen LogP contribution in [0.15, 0.2) is 35.2 Å². The van der Waals surface area contributed by atoms with Crippen molar-refractivity contribution < 1.29 is 30.4 Å². The molecular formula is C13H6ClF5INO2S. The summed E-state index contributed by atoms with van der Waals surface area (Å²) in [5.74, 6) is -2.09. The van der Waals surface area contributed by atoms with E-state index < -0.39 is 52.6 Å². The standard InChI is InChI=1S/C13H6ClF5INO2S/c14-7-3-6(13(17,18)19)4-8(5-7)24(22,23)21-10-2-1-9(15)12(20)11(10)16/h1-5,21H. The van der Waals surface area contributed by atoms with Crippen LogP contribution in [0.2, 0.25) is 5.02 Å². The van der Waals surface area contributed by atoms with Crippen LogP contribution >= 0.6 is 34.2 Å². The summed E-state index contributed by atoms with van der Waals surface area (Å²) in [5.41, 5.74) is -1.88. The Hall–Kier alpha value is -1.14. The van der Waals surface area contributed by atoms with E-state index in [1.165, 1.54) is 22.6 Å². The molecular weight excluding hydrogens is 492 g/mol. The number of anilines is 1. The molecule has 0 unspecified atom stereocenters. The number of alkyl halides is 3. The molecule has 1 N–H and O–H groups in total. The van der Waals surface area contributed by atoms with E-state index in [1.54, 1.807) is 4.72 Å². The first-order chi connectivity index (χ1) is 10.9. The summed E-state index contributed by atoms with van der Waals surface area (Å²) in [6.45, 7) is 0. The van der Waals surface area contributed by atoms with Crippen LogP contribution in [0.5, 0.6) is 0 Å². The molecule has 2 aromatic carbocycles. The van der Waals surface area contributed by atoms with Crippen molar-refractivity contribution in [2.75, 3.05) is 4.72 Å². The molecule has 11 heteroatoms. The van der Waals surface area contributed by atoms with Gasteiger partial charge in [0.1, 0.15) is 5.82 Å². The molecule has 0 saturated heterocycles. The van der Waals surface area contributed by atoms with E-state index in [-0.39, 0.29) is 0 Å². The van der Waals surface area contributed by atoms with E-state index in [9.17, 15) is 30.4 Å². The Labute approximate surface area is 152 Å². The normalized spacial score (nSPS) is 12.3. The highest BCUT2D eigenvalue weighted by molar-refractivity contribution is 14.1. The van der Waals surface area contributed by atoms with Crippen LogP contribution in [-0.2, 0) is 16.2 Å². The Bertz CT molecular complexity index is 902. The minimum Gasteiger partial charge on any atom is -0.277 e. The molecule has 0 aliphatic heterocycles. The number of benzene rings is 2. The summed E-state index contributed by atoms with van der Waals surface area (Å²) in [5, 5.41) is -0.459. The zero-order valence-corrected chi connectivity index (χ0v) is 15.0. The van der Waals surface area contributed by atoms with Crippen LogP contribution in [0.4, 0.5) is 27.6 Å². The number of halogens is 7. The summed E-state index contributed by atoms with van der Waals surface area (Å²) in [6, 6.07) is 3.34. The molecule has 24 heavy (non-hydrogen) atoms. The second-order valence-corrected chi connectivity index (χ2v) is 7.70. The Kier molecular flexibility index (Phi) is 5.31. The molecule has 0 heterocycles. The summed E-state index contributed by atoms with van der Waals surface area (Å²) in [7, 11) is -4.57. The third-order valence-corrected chi connectivity index (χ3v) is 5.34. The van der Waals surface area contributed by atoms with E-state index in [0.717, 1.165) is 18.2 Å². The predicted molar refractivity (Wildman–Crippen MR) is 86.3 cm³/mol. The van der Waals surface area contributed by atoms with Crippen molar-refractivity contribution >= 4 is 49.9 Å². The number of hydrogen-bond donors (Lipinski definition) is 1. The minimum absolute atomic E-state index is 0.362. The summed E-state index contributed by atoms with van der Waals surface area (Å²) >= 11 is 6.85. The minimum atomic E-state index is -4.81. The van der Waals surface area contributed by atoms with Gasteiger partial charge in [-0.25, -0.2) is 17.2 Å². The number of hydrogen-bond acceptors (Lipinski definition) is 2. The molecule has 130 valence electrons. The summed E-state index contributed by atoms with van der Waals surface area (Å²) in [6.07, 6.45) is -4.81. The molecule has 2 rings (SSSR count). The Morgan fingerprint density at radius 3 is 2.29 bits per heavy atom. The monoisotopic (exact) mass is 497 g/mol. The molecule has 2 aromatic rings. The van der Waals surface area contributed by atoms with Crippen molar-refractivity contribution in [3.05, 3.63) is 56.1 Å². The molecule has 0 fully saturated rings. The first-order valence-corrected chi connectivity index (χ1v) is 8.90. The van der Waals surface area contributed by atoms with Gasteiger partial charge in [0.25, 0.3) is 10.0 Å². The summed E-state index contributed by atoms with van der Waals surface area (Å²) < 4.78 is 91.0. The Morgan fingerprint density at radius 1 is 1.08 bits per heavy atom. The molecule has 0 amide bonds. The molecule has 0 bridgehead atoms. The predicted octanol–water partition coefficient (Wildman–Crippen LogP) is 5.04. The van der Waals surface area contributed by atoms with E-state index in [2.05, 4.69) is 0 Å². The van der Waals surface area contributed by atoms with Gasteiger partial charge in [-0.05, 0) is 52.9 Å². The van der Waals surface area contributed by atoms with Crippen molar-refractivity contribution in [2.45, 2.75) is 11.1 Å². The van der Waals surface area contributed by atoms with Crippen LogP contribution < -0.4 is 4.72 Å². The van der Waals surface area contributed by atoms with Gasteiger partial charge in [-0.1, -0.05) is 11.6 Å². The van der Waals surface area contributed by atoms with Crippen molar-refractivity contribution in [3.8, 4) is 0 Å². The second-order valence-electron chi connectivity index (χ2n) is 4.50. The van der Waals surface area contributed by atoms with Gasteiger partial charge in [0.05, 0.1) is 19.7 Å². The van der Waals surface area contributed by atoms with Gasteiger partial charge < -0.3 is 0 Å². The van der Waals surface area contributed by atoms with Gasteiger partial charge in [0.15, 0.2) is 5.82 Å². The van der Waals surface area contributed by atoms with Gasteiger partial charge >= 0.3 is 6.18 Å². The molecule has 0 atom stereocenters. The lowest BCUT2D eigenvalue weighted by Gasteiger charge is -2.13. The van der Waals surface area contributed by atoms with Crippen LogP contribution in [-0.4, -0.2) is 8.42 Å². The highest BCUT2D eigenvalue weighted by Gasteiger charge is 2.32. The quantitative estimate of drug-likeness (QED) is 0.367. The average Bonchev–Trinajstić information content (AvgIpc) is 2.46. The van der Waals surface area contributed by atoms with E-state index in [0.29, 0.717) is 12.1 Å². The van der Waals surface area contributed by atoms with Crippen LogP contribution in [0.1, 0.15) is 5.56 Å². The van der Waals surface area contributed by atoms with Crippen LogP contribution in [0, 0.1) is 15.2 Å². The molecule has 0 aliphatic rings. The average molecular weight is 498 g/mol. The molecule has 0 aromatic heterocycles. The smallest absolute Gasteiger partial charge is 0.277 e. The molecule has 0 aliphatic carbocycles. The maximum atomic E-state index is 13.9. The largest absolute Gasteiger partial charge is 0.416 e. The maximum Gasteiger partial charge on any atom is 0.416 e. The zero-order valence-electron chi connectivity index (χ0n) is 11.3. The van der Waals surface area contributed by atoms with Gasteiger partial charge in [-0.3, -0.25) is 4.72 Å². The van der Waals surface area contributed by atoms with Crippen molar-refractivity contribution in [2.24, 2.45) is 0 Å². The highest BCUT2D eigenvalue weighted by atomic mass is 127. The SMILES string of the molecule is O=S(=O)(Nc1ccc(F)c(I)c1F)c1cc(Cl)cc(C(F)(F)F)c1. The lowest BCUT2D eigenvalue weighted by atomic mass is 10.2. The van der Waals surface area contributed by atoms with Crippen molar-refractivity contribution in [1.82, 2.24) is 0 Å². The fraction of sp³-hybridized carbons (Fsp3) is 0.0769. The maximum absolute atomic E-state index is 13.9. The number of rotatable bonds is 3. The first-order valence-electron chi connectivity index (χ1n) is 5.96. The summed E-state index contributed by atoms with van der Waals surface area (Å²) in [4.78, 5) is -0.805. The van der Waals surface area contributed by atoms with Crippen LogP contribution in [0.25, 0.3) is 0 Å². The molecule has 0 saturated carbocycles. The molecule has 0 spiro atoms. The van der Waals surface area contributed by atoms with Gasteiger partial charge in [0.2, 0.25) is 0 Å². The third-order valence-electron chi connectivity index (χ3n) is 2.79. The number of nitrogens with one attached hydrogen (secondary N) is 1. The zero-order chi connectivity index (χ0) is 18.3. The van der Waals surface area contributed by atoms with Gasteiger partial charge in [-0.2, -0.15) is 13.2 Å². The highest BCUT2D eigenvalue weighted by Crippen LogP contribution is 2.33. The second kappa shape index (κ2) is 6.64.